The number of likely N-dealkylation sites (N-methyl/N-ethyl adjacent to an activating group) is 1. The van der Waals surface area contributed by atoms with Gasteiger partial charge in [-0.1, -0.05) is 30.4 Å². The van der Waals surface area contributed by atoms with Crippen molar-refractivity contribution >= 4 is 40.0 Å². The zero-order valence-corrected chi connectivity index (χ0v) is 20.3. The molecule has 0 spiro atoms. The zero-order valence-electron chi connectivity index (χ0n) is 17.2. The molecule has 3 rings (SSSR count). The van der Waals surface area contributed by atoms with E-state index in [1.54, 1.807) is 16.4 Å². The molecule has 0 amide bonds. The third-order valence-electron chi connectivity index (χ3n) is 5.15. The largest absolute Gasteiger partial charge is 0.357 e. The SMILES string of the molecule is CCNC(=NCc1ccccc1S(=O)(=O)N1CCN(C)CC1)NC1CC=CC1.I. The molecule has 162 valence electrons. The number of halogens is 1. The summed E-state index contributed by atoms with van der Waals surface area (Å²) in [5, 5.41) is 6.68. The zero-order chi connectivity index (χ0) is 20.0. The number of aliphatic imine (C=N–C) groups is 1. The molecule has 9 heteroatoms. The standard InChI is InChI=1S/C20H31N5O2S.HI/c1-3-21-20(23-18-9-5-6-10-18)22-16-17-8-4-7-11-19(17)28(26,27)25-14-12-24(2)13-15-25;/h4-8,11,18H,3,9-10,12-16H2,1-2H3,(H2,21,22,23);1H. The van der Waals surface area contributed by atoms with Crippen LogP contribution in [0.3, 0.4) is 0 Å². The maximum atomic E-state index is 13.2. The molecule has 1 heterocycles. The molecule has 0 radical (unpaired) electrons. The van der Waals surface area contributed by atoms with Crippen LogP contribution in [0.5, 0.6) is 0 Å². The van der Waals surface area contributed by atoms with Gasteiger partial charge in [0, 0.05) is 38.8 Å². The van der Waals surface area contributed by atoms with Gasteiger partial charge >= 0.3 is 0 Å². The highest BCUT2D eigenvalue weighted by Gasteiger charge is 2.29. The van der Waals surface area contributed by atoms with Crippen molar-refractivity contribution in [3.05, 3.63) is 42.0 Å². The molecule has 7 nitrogen and oxygen atoms in total. The molecule has 1 aromatic carbocycles. The number of piperazine rings is 1. The molecule has 0 bridgehead atoms. The van der Waals surface area contributed by atoms with Crippen LogP contribution in [0.4, 0.5) is 0 Å². The Morgan fingerprint density at radius 2 is 1.79 bits per heavy atom. The number of rotatable bonds is 6. The minimum absolute atomic E-state index is 0. The summed E-state index contributed by atoms with van der Waals surface area (Å²) >= 11 is 0. The highest BCUT2D eigenvalue weighted by Crippen LogP contribution is 2.22. The van der Waals surface area contributed by atoms with E-state index in [0.717, 1.165) is 44.0 Å². The molecule has 2 N–H and O–H groups in total. The normalized spacial score (nSPS) is 19.2. The van der Waals surface area contributed by atoms with Gasteiger partial charge < -0.3 is 15.5 Å². The Morgan fingerprint density at radius 1 is 1.14 bits per heavy atom. The summed E-state index contributed by atoms with van der Waals surface area (Å²) in [5.41, 5.74) is 0.725. The van der Waals surface area contributed by atoms with Crippen LogP contribution in [-0.2, 0) is 16.6 Å². The second-order valence-corrected chi connectivity index (χ2v) is 9.20. The van der Waals surface area contributed by atoms with Crippen molar-refractivity contribution in [3.8, 4) is 0 Å². The van der Waals surface area contributed by atoms with E-state index in [1.165, 1.54) is 0 Å². The van der Waals surface area contributed by atoms with E-state index in [4.69, 9.17) is 0 Å². The van der Waals surface area contributed by atoms with Gasteiger partial charge in [0.2, 0.25) is 10.0 Å². The monoisotopic (exact) mass is 533 g/mol. The summed E-state index contributed by atoms with van der Waals surface area (Å²) in [6.07, 6.45) is 6.30. The smallest absolute Gasteiger partial charge is 0.243 e. The van der Waals surface area contributed by atoms with Gasteiger partial charge in [0.1, 0.15) is 0 Å². The van der Waals surface area contributed by atoms with Crippen molar-refractivity contribution in [1.29, 1.82) is 0 Å². The number of hydrogen-bond donors (Lipinski definition) is 2. The van der Waals surface area contributed by atoms with Crippen molar-refractivity contribution < 1.29 is 8.42 Å². The first kappa shape index (κ1) is 24.1. The molecule has 2 aliphatic rings. The quantitative estimate of drug-likeness (QED) is 0.253. The van der Waals surface area contributed by atoms with Crippen molar-refractivity contribution in [1.82, 2.24) is 19.8 Å². The Morgan fingerprint density at radius 3 is 2.45 bits per heavy atom. The van der Waals surface area contributed by atoms with E-state index in [9.17, 15) is 8.42 Å². The van der Waals surface area contributed by atoms with Crippen LogP contribution in [0.1, 0.15) is 25.3 Å². The number of hydrogen-bond acceptors (Lipinski definition) is 4. The summed E-state index contributed by atoms with van der Waals surface area (Å²) in [6.45, 7) is 5.65. The second kappa shape index (κ2) is 11.3. The third kappa shape index (κ3) is 6.40. The van der Waals surface area contributed by atoms with Gasteiger partial charge in [-0.05, 0) is 38.4 Å². The molecule has 0 saturated carbocycles. The molecule has 1 saturated heterocycles. The summed E-state index contributed by atoms with van der Waals surface area (Å²) in [5.74, 6) is 0.725. The lowest BCUT2D eigenvalue weighted by atomic mass is 10.2. The summed E-state index contributed by atoms with van der Waals surface area (Å²) in [4.78, 5) is 7.16. The average molecular weight is 533 g/mol. The first-order valence-corrected chi connectivity index (χ1v) is 11.4. The lowest BCUT2D eigenvalue weighted by Gasteiger charge is -2.32. The van der Waals surface area contributed by atoms with Gasteiger partial charge in [-0.3, -0.25) is 0 Å². The lowest BCUT2D eigenvalue weighted by molar-refractivity contribution is 0.222. The van der Waals surface area contributed by atoms with E-state index >= 15 is 0 Å². The molecular formula is C20H32IN5O2S. The highest BCUT2D eigenvalue weighted by molar-refractivity contribution is 14.0. The van der Waals surface area contributed by atoms with Crippen molar-refractivity contribution in [2.24, 2.45) is 4.99 Å². The summed E-state index contributed by atoms with van der Waals surface area (Å²) in [6, 6.07) is 7.55. The molecule has 0 atom stereocenters. The number of nitrogens with zero attached hydrogens (tertiary/aromatic N) is 3. The number of nitrogens with one attached hydrogen (secondary N) is 2. The van der Waals surface area contributed by atoms with E-state index in [2.05, 4.69) is 32.7 Å². The van der Waals surface area contributed by atoms with Crippen LogP contribution in [0, 0.1) is 0 Å². The van der Waals surface area contributed by atoms with E-state index in [0.29, 0.717) is 30.6 Å². The first-order chi connectivity index (χ1) is 13.5. The summed E-state index contributed by atoms with van der Waals surface area (Å²) in [7, 11) is -1.50. The van der Waals surface area contributed by atoms with Crippen molar-refractivity contribution in [2.75, 3.05) is 39.8 Å². The van der Waals surface area contributed by atoms with Crippen LogP contribution in [0.15, 0.2) is 46.3 Å². The second-order valence-electron chi connectivity index (χ2n) is 7.29. The molecule has 1 aromatic rings. The van der Waals surface area contributed by atoms with Gasteiger partial charge in [-0.25, -0.2) is 13.4 Å². The van der Waals surface area contributed by atoms with Crippen LogP contribution >= 0.6 is 24.0 Å². The predicted octanol–water partition coefficient (Wildman–Crippen LogP) is 2.01. The molecular weight excluding hydrogens is 501 g/mol. The summed E-state index contributed by atoms with van der Waals surface area (Å²) < 4.78 is 28.0. The Bertz CT molecular complexity index is 812. The van der Waals surface area contributed by atoms with Crippen molar-refractivity contribution in [3.63, 3.8) is 0 Å². The predicted molar refractivity (Wildman–Crippen MR) is 128 cm³/mol. The van der Waals surface area contributed by atoms with E-state index < -0.39 is 10.0 Å². The minimum atomic E-state index is -3.51. The fraction of sp³-hybridized carbons (Fsp3) is 0.550. The highest BCUT2D eigenvalue weighted by atomic mass is 127. The number of guanidine groups is 1. The Kier molecular flexibility index (Phi) is 9.38. The molecule has 29 heavy (non-hydrogen) atoms. The van der Waals surface area contributed by atoms with E-state index in [1.807, 2.05) is 26.1 Å². The maximum absolute atomic E-state index is 13.2. The minimum Gasteiger partial charge on any atom is -0.357 e. The van der Waals surface area contributed by atoms with Gasteiger partial charge in [0.05, 0.1) is 11.4 Å². The Hall–Kier alpha value is -1.17. The topological polar surface area (TPSA) is 77.0 Å². The number of benzene rings is 1. The fourth-order valence-electron chi connectivity index (χ4n) is 3.47. The van der Waals surface area contributed by atoms with Gasteiger partial charge in [0.25, 0.3) is 0 Å². The molecule has 1 aliphatic heterocycles. The lowest BCUT2D eigenvalue weighted by Crippen LogP contribution is -2.47. The van der Waals surface area contributed by atoms with Gasteiger partial charge in [0.15, 0.2) is 5.96 Å². The molecule has 1 fully saturated rings. The molecule has 1 aliphatic carbocycles. The fourth-order valence-corrected chi connectivity index (χ4v) is 5.10. The third-order valence-corrected chi connectivity index (χ3v) is 7.15. The first-order valence-electron chi connectivity index (χ1n) is 9.97. The van der Waals surface area contributed by atoms with Crippen molar-refractivity contribution in [2.45, 2.75) is 37.2 Å². The van der Waals surface area contributed by atoms with E-state index in [-0.39, 0.29) is 24.0 Å². The molecule has 0 unspecified atom stereocenters. The van der Waals surface area contributed by atoms with Crippen LogP contribution in [0.2, 0.25) is 0 Å². The maximum Gasteiger partial charge on any atom is 0.243 e. The molecule has 0 aromatic heterocycles. The Balaban J connectivity index is 0.00000300. The van der Waals surface area contributed by atoms with Crippen LogP contribution < -0.4 is 10.6 Å². The Labute approximate surface area is 191 Å². The van der Waals surface area contributed by atoms with Gasteiger partial charge in [-0.2, -0.15) is 4.31 Å². The number of sulfonamides is 1. The van der Waals surface area contributed by atoms with Crippen LogP contribution in [0.25, 0.3) is 0 Å². The average Bonchev–Trinajstić information content (AvgIpc) is 3.20. The van der Waals surface area contributed by atoms with Crippen LogP contribution in [-0.4, -0.2) is 69.4 Å². The van der Waals surface area contributed by atoms with Gasteiger partial charge in [-0.15, -0.1) is 24.0 Å².